The van der Waals surface area contributed by atoms with Gasteiger partial charge >= 0.3 is 0 Å². The van der Waals surface area contributed by atoms with Crippen LogP contribution in [0, 0.1) is 0 Å². The summed E-state index contributed by atoms with van der Waals surface area (Å²) in [5.41, 5.74) is 2.38. The second kappa shape index (κ2) is 12.6. The van der Waals surface area contributed by atoms with Crippen LogP contribution in [0.5, 0.6) is 17.2 Å². The Morgan fingerprint density at radius 3 is 2.24 bits per heavy atom. The van der Waals surface area contributed by atoms with Crippen LogP contribution in [-0.4, -0.2) is 71.8 Å². The van der Waals surface area contributed by atoms with Crippen LogP contribution in [0.1, 0.15) is 22.8 Å². The topological polar surface area (TPSA) is 118 Å². The second-order valence-corrected chi connectivity index (χ2v) is 9.18. The summed E-state index contributed by atoms with van der Waals surface area (Å²) in [5.74, 6) is 2.03. The van der Waals surface area contributed by atoms with E-state index < -0.39 is 37.1 Å². The average molecular weight is 531 g/mol. The first-order chi connectivity index (χ1) is 17.9. The van der Waals surface area contributed by atoms with E-state index in [1.165, 1.54) is 0 Å². The largest absolute Gasteiger partial charge is 0.493 e. The van der Waals surface area contributed by atoms with Crippen LogP contribution in [0.4, 0.5) is 0 Å². The van der Waals surface area contributed by atoms with Crippen molar-refractivity contribution in [1.82, 2.24) is 0 Å². The fourth-order valence-corrected chi connectivity index (χ4v) is 4.44. The van der Waals surface area contributed by atoms with Crippen molar-refractivity contribution in [3.63, 3.8) is 0 Å². The highest BCUT2D eigenvalue weighted by Crippen LogP contribution is 2.34. The van der Waals surface area contributed by atoms with Crippen molar-refractivity contribution in [3.8, 4) is 17.2 Å². The molecule has 0 aliphatic carbocycles. The summed E-state index contributed by atoms with van der Waals surface area (Å²) in [6.07, 6.45) is -5.58. The number of hydrogen-bond donors (Lipinski definition) is 4. The molecular formula is C28H31ClO8. The number of halogens is 1. The normalized spacial score (nSPS) is 23.5. The maximum absolute atomic E-state index is 10.5. The standard InChI is InChI=1S/C28H31ClO8/c1-34-22-4-2-3-5-23(22)36-13-12-35-20-9-6-17(7-10-20)14-19-15-18(8-11-21(19)29)28-27(33)26(32)25(31)24(16-30)37-28/h2-11,15,24-28,30-33H,12-14,16H2,1H3/t24-,25-,26+,27-,28+/m1/s1. The molecule has 3 aromatic carbocycles. The van der Waals surface area contributed by atoms with Crippen LogP contribution in [0.15, 0.2) is 66.7 Å². The number of aliphatic hydroxyl groups is 4. The van der Waals surface area contributed by atoms with E-state index in [2.05, 4.69) is 0 Å². The highest BCUT2D eigenvalue weighted by molar-refractivity contribution is 6.31. The molecule has 0 radical (unpaired) electrons. The van der Waals surface area contributed by atoms with Crippen molar-refractivity contribution in [2.24, 2.45) is 0 Å². The van der Waals surface area contributed by atoms with Crippen LogP contribution in [0.3, 0.4) is 0 Å². The summed E-state index contributed by atoms with van der Waals surface area (Å²) in [6, 6.07) is 20.2. The summed E-state index contributed by atoms with van der Waals surface area (Å²) in [5, 5.41) is 40.6. The zero-order valence-electron chi connectivity index (χ0n) is 20.4. The Hall–Kier alpha value is -2.85. The van der Waals surface area contributed by atoms with Gasteiger partial charge in [0.25, 0.3) is 0 Å². The van der Waals surface area contributed by atoms with E-state index in [0.29, 0.717) is 47.5 Å². The molecule has 198 valence electrons. The lowest BCUT2D eigenvalue weighted by Gasteiger charge is -2.40. The van der Waals surface area contributed by atoms with Gasteiger partial charge in [-0.1, -0.05) is 48.0 Å². The van der Waals surface area contributed by atoms with Gasteiger partial charge in [0.2, 0.25) is 0 Å². The lowest BCUT2D eigenvalue weighted by atomic mass is 9.90. The molecule has 0 aromatic heterocycles. The third-order valence-corrected chi connectivity index (χ3v) is 6.66. The van der Waals surface area contributed by atoms with Crippen LogP contribution >= 0.6 is 11.6 Å². The van der Waals surface area contributed by atoms with E-state index in [0.717, 1.165) is 11.1 Å². The van der Waals surface area contributed by atoms with Gasteiger partial charge < -0.3 is 39.4 Å². The van der Waals surface area contributed by atoms with E-state index in [1.807, 2.05) is 48.5 Å². The third-order valence-electron chi connectivity index (χ3n) is 6.29. The number of hydrogen-bond acceptors (Lipinski definition) is 8. The first-order valence-corrected chi connectivity index (χ1v) is 12.4. The first-order valence-electron chi connectivity index (χ1n) is 12.0. The molecule has 1 aliphatic heterocycles. The molecule has 0 saturated carbocycles. The highest BCUT2D eigenvalue weighted by Gasteiger charge is 2.44. The van der Waals surface area contributed by atoms with Gasteiger partial charge in [0.1, 0.15) is 49.5 Å². The van der Waals surface area contributed by atoms with Gasteiger partial charge in [0, 0.05) is 5.02 Å². The Labute approximate surface area is 220 Å². The fraction of sp³-hybridized carbons (Fsp3) is 0.357. The highest BCUT2D eigenvalue weighted by atomic mass is 35.5. The molecule has 3 aromatic rings. The van der Waals surface area contributed by atoms with Gasteiger partial charge in [0.05, 0.1) is 13.7 Å². The molecule has 5 atom stereocenters. The van der Waals surface area contributed by atoms with E-state index in [-0.39, 0.29) is 0 Å². The molecule has 1 fully saturated rings. The van der Waals surface area contributed by atoms with E-state index in [1.54, 1.807) is 25.3 Å². The Bertz CT molecular complexity index is 1150. The molecule has 1 heterocycles. The monoisotopic (exact) mass is 530 g/mol. The average Bonchev–Trinajstić information content (AvgIpc) is 2.92. The molecule has 4 rings (SSSR count). The molecule has 1 saturated heterocycles. The molecule has 8 nitrogen and oxygen atoms in total. The summed E-state index contributed by atoms with van der Waals surface area (Å²) >= 11 is 6.44. The quantitative estimate of drug-likeness (QED) is 0.296. The van der Waals surface area contributed by atoms with Gasteiger partial charge in [-0.05, 0) is 53.4 Å². The Morgan fingerprint density at radius 1 is 0.838 bits per heavy atom. The maximum Gasteiger partial charge on any atom is 0.161 e. The number of ether oxygens (including phenoxy) is 4. The van der Waals surface area contributed by atoms with Crippen molar-refractivity contribution in [1.29, 1.82) is 0 Å². The van der Waals surface area contributed by atoms with Crippen molar-refractivity contribution >= 4 is 11.6 Å². The Morgan fingerprint density at radius 2 is 1.54 bits per heavy atom. The smallest absolute Gasteiger partial charge is 0.161 e. The Balaban J connectivity index is 1.36. The van der Waals surface area contributed by atoms with E-state index >= 15 is 0 Å². The zero-order valence-corrected chi connectivity index (χ0v) is 21.1. The van der Waals surface area contributed by atoms with Crippen molar-refractivity contribution in [2.75, 3.05) is 26.9 Å². The number of benzene rings is 3. The van der Waals surface area contributed by atoms with Gasteiger partial charge in [0.15, 0.2) is 11.5 Å². The second-order valence-electron chi connectivity index (χ2n) is 8.77. The summed E-state index contributed by atoms with van der Waals surface area (Å²) in [7, 11) is 1.60. The van der Waals surface area contributed by atoms with Crippen LogP contribution < -0.4 is 14.2 Å². The molecule has 1 aliphatic rings. The minimum Gasteiger partial charge on any atom is -0.493 e. The Kier molecular flexibility index (Phi) is 9.26. The lowest BCUT2D eigenvalue weighted by Crippen LogP contribution is -2.55. The van der Waals surface area contributed by atoms with Crippen molar-refractivity contribution in [2.45, 2.75) is 36.9 Å². The van der Waals surface area contributed by atoms with Gasteiger partial charge in [-0.15, -0.1) is 0 Å². The molecule has 9 heteroatoms. The maximum atomic E-state index is 10.5. The number of methoxy groups -OCH3 is 1. The molecular weight excluding hydrogens is 500 g/mol. The minimum absolute atomic E-state index is 0.364. The molecule has 0 bridgehead atoms. The zero-order chi connectivity index (χ0) is 26.4. The number of aliphatic hydroxyl groups excluding tert-OH is 4. The molecule has 4 N–H and O–H groups in total. The molecule has 0 unspecified atom stereocenters. The van der Waals surface area contributed by atoms with E-state index in [4.69, 9.17) is 30.5 Å². The minimum atomic E-state index is -1.44. The predicted octanol–water partition coefficient (Wildman–Crippen LogP) is 2.91. The van der Waals surface area contributed by atoms with Gasteiger partial charge in [-0.25, -0.2) is 0 Å². The molecule has 0 spiro atoms. The number of rotatable bonds is 10. The SMILES string of the molecule is COc1ccccc1OCCOc1ccc(Cc2cc([C@@H]3O[C@H](CO)[C@@H](O)[C@H](O)[C@H]3O)ccc2Cl)cc1. The van der Waals surface area contributed by atoms with Crippen LogP contribution in [0.25, 0.3) is 0 Å². The summed E-state index contributed by atoms with van der Waals surface area (Å²) in [4.78, 5) is 0. The summed E-state index contributed by atoms with van der Waals surface area (Å²) in [6.45, 7) is 0.246. The van der Waals surface area contributed by atoms with Crippen LogP contribution in [-0.2, 0) is 11.2 Å². The van der Waals surface area contributed by atoms with Crippen LogP contribution in [0.2, 0.25) is 5.02 Å². The predicted molar refractivity (Wildman–Crippen MR) is 137 cm³/mol. The van der Waals surface area contributed by atoms with Gasteiger partial charge in [-0.3, -0.25) is 0 Å². The summed E-state index contributed by atoms with van der Waals surface area (Å²) < 4.78 is 22.5. The first kappa shape index (κ1) is 27.2. The van der Waals surface area contributed by atoms with Crippen molar-refractivity contribution in [3.05, 3.63) is 88.4 Å². The van der Waals surface area contributed by atoms with E-state index in [9.17, 15) is 20.4 Å². The van der Waals surface area contributed by atoms with Crippen molar-refractivity contribution < 1.29 is 39.4 Å². The lowest BCUT2D eigenvalue weighted by molar-refractivity contribution is -0.231. The number of para-hydroxylation sites is 2. The third kappa shape index (κ3) is 6.54. The van der Waals surface area contributed by atoms with Gasteiger partial charge in [-0.2, -0.15) is 0 Å². The fourth-order valence-electron chi connectivity index (χ4n) is 4.26. The molecule has 0 amide bonds. The molecule has 37 heavy (non-hydrogen) atoms.